The second-order valence-corrected chi connectivity index (χ2v) is 10.0. The highest BCUT2D eigenvalue weighted by Crippen LogP contribution is 2.35. The van der Waals surface area contributed by atoms with Gasteiger partial charge in [-0.1, -0.05) is 36.4 Å². The zero-order valence-corrected chi connectivity index (χ0v) is 22.3. The van der Waals surface area contributed by atoms with Crippen molar-refractivity contribution in [2.75, 3.05) is 26.2 Å². The molecular weight excluding hydrogens is 465 g/mol. The van der Waals surface area contributed by atoms with Gasteiger partial charge in [-0.3, -0.25) is 14.6 Å². The Morgan fingerprint density at radius 2 is 1.62 bits per heavy atom. The number of phenols is 1. The maximum absolute atomic E-state index is 13.4. The average Bonchev–Trinajstić information content (AvgIpc) is 2.89. The molecule has 196 valence electrons. The van der Waals surface area contributed by atoms with Crippen LogP contribution >= 0.6 is 0 Å². The predicted molar refractivity (Wildman–Crippen MR) is 146 cm³/mol. The molecule has 0 saturated carbocycles. The van der Waals surface area contributed by atoms with Gasteiger partial charge in [0.25, 0.3) is 5.91 Å². The number of phenolic OH excluding ortho intramolecular Hbond substituents is 1. The number of carbonyl (C=O) groups excluding carboxylic acids is 1. The minimum absolute atomic E-state index is 0.0434. The fourth-order valence-electron chi connectivity index (χ4n) is 5.40. The minimum Gasteiger partial charge on any atom is -0.508 e. The first kappa shape index (κ1) is 26.8. The molecule has 3 aromatic carbocycles. The van der Waals surface area contributed by atoms with E-state index in [-0.39, 0.29) is 35.6 Å². The Labute approximate surface area is 220 Å². The molecule has 37 heavy (non-hydrogen) atoms. The molecule has 1 amide bonds. The van der Waals surface area contributed by atoms with E-state index in [1.165, 1.54) is 12.1 Å². The van der Waals surface area contributed by atoms with Crippen molar-refractivity contribution in [2.45, 2.75) is 52.4 Å². The van der Waals surface area contributed by atoms with Gasteiger partial charge in [0.05, 0.1) is 6.04 Å². The van der Waals surface area contributed by atoms with Crippen LogP contribution in [0, 0.1) is 5.82 Å². The van der Waals surface area contributed by atoms with E-state index in [1.54, 1.807) is 6.07 Å². The topological polar surface area (TPSA) is 47.0 Å². The third-order valence-electron chi connectivity index (χ3n) is 7.50. The SMILES string of the molecule is CCN(CC)C(=O)c1ccc(C(c2cccc(O)c2)N2C[C@@H](C)N(Cc3ccc(F)cc3)C[C@@H]2C)cc1. The van der Waals surface area contributed by atoms with Crippen LogP contribution in [0.4, 0.5) is 4.39 Å². The molecule has 5 nitrogen and oxygen atoms in total. The van der Waals surface area contributed by atoms with Gasteiger partial charge < -0.3 is 10.0 Å². The van der Waals surface area contributed by atoms with Crippen LogP contribution in [0.2, 0.25) is 0 Å². The third-order valence-corrected chi connectivity index (χ3v) is 7.50. The van der Waals surface area contributed by atoms with Gasteiger partial charge in [-0.15, -0.1) is 0 Å². The third kappa shape index (κ3) is 6.20. The normalized spacial score (nSPS) is 19.5. The summed E-state index contributed by atoms with van der Waals surface area (Å²) in [5, 5.41) is 10.3. The van der Waals surface area contributed by atoms with Crippen molar-refractivity contribution in [3.63, 3.8) is 0 Å². The Kier molecular flexibility index (Phi) is 8.62. The van der Waals surface area contributed by atoms with Crippen LogP contribution in [0.25, 0.3) is 0 Å². The maximum atomic E-state index is 13.4. The number of hydrogen-bond acceptors (Lipinski definition) is 4. The van der Waals surface area contributed by atoms with E-state index >= 15 is 0 Å². The number of piperazine rings is 1. The molecular formula is C31H38FN3O2. The van der Waals surface area contributed by atoms with Gasteiger partial charge in [0.1, 0.15) is 11.6 Å². The van der Waals surface area contributed by atoms with Crippen molar-refractivity contribution in [3.8, 4) is 5.75 Å². The van der Waals surface area contributed by atoms with Crippen LogP contribution in [0.3, 0.4) is 0 Å². The molecule has 0 spiro atoms. The van der Waals surface area contributed by atoms with Crippen LogP contribution in [-0.2, 0) is 6.54 Å². The smallest absolute Gasteiger partial charge is 0.253 e. The van der Waals surface area contributed by atoms with E-state index in [4.69, 9.17) is 0 Å². The first-order valence-electron chi connectivity index (χ1n) is 13.2. The average molecular weight is 504 g/mol. The fourth-order valence-corrected chi connectivity index (χ4v) is 5.40. The maximum Gasteiger partial charge on any atom is 0.253 e. The number of aromatic hydroxyl groups is 1. The summed E-state index contributed by atoms with van der Waals surface area (Å²) < 4.78 is 13.4. The van der Waals surface area contributed by atoms with Gasteiger partial charge in [-0.05, 0) is 80.8 Å². The molecule has 4 rings (SSSR count). The second kappa shape index (κ2) is 11.9. The van der Waals surface area contributed by atoms with Crippen molar-refractivity contribution in [1.29, 1.82) is 0 Å². The Hall–Kier alpha value is -3.22. The Balaban J connectivity index is 1.60. The van der Waals surface area contributed by atoms with E-state index in [9.17, 15) is 14.3 Å². The molecule has 1 N–H and O–H groups in total. The van der Waals surface area contributed by atoms with Gasteiger partial charge in [0, 0.05) is 50.4 Å². The van der Waals surface area contributed by atoms with Crippen molar-refractivity contribution in [2.24, 2.45) is 0 Å². The summed E-state index contributed by atoms with van der Waals surface area (Å²) in [6, 6.07) is 22.6. The molecule has 1 fully saturated rings. The Bertz CT molecular complexity index is 1180. The zero-order chi connectivity index (χ0) is 26.5. The first-order chi connectivity index (χ1) is 17.8. The quantitative estimate of drug-likeness (QED) is 0.429. The van der Waals surface area contributed by atoms with E-state index in [2.05, 4.69) is 29.7 Å². The molecule has 0 bridgehead atoms. The fraction of sp³-hybridized carbons (Fsp3) is 0.387. The number of amides is 1. The van der Waals surface area contributed by atoms with Crippen molar-refractivity contribution in [3.05, 3.63) is 101 Å². The summed E-state index contributed by atoms with van der Waals surface area (Å²) in [6.07, 6.45) is 0. The molecule has 0 aromatic heterocycles. The monoisotopic (exact) mass is 503 g/mol. The van der Waals surface area contributed by atoms with Gasteiger partial charge in [-0.2, -0.15) is 0 Å². The molecule has 1 heterocycles. The highest BCUT2D eigenvalue weighted by atomic mass is 19.1. The van der Waals surface area contributed by atoms with Crippen LogP contribution < -0.4 is 0 Å². The van der Waals surface area contributed by atoms with Gasteiger partial charge in [-0.25, -0.2) is 4.39 Å². The summed E-state index contributed by atoms with van der Waals surface area (Å²) in [5.74, 6) is 0.0714. The molecule has 1 aliphatic rings. The molecule has 1 aliphatic heterocycles. The number of halogens is 1. The number of rotatable bonds is 8. The van der Waals surface area contributed by atoms with Crippen molar-refractivity contribution < 1.29 is 14.3 Å². The molecule has 1 saturated heterocycles. The van der Waals surface area contributed by atoms with Gasteiger partial charge >= 0.3 is 0 Å². The summed E-state index contributed by atoms with van der Waals surface area (Å²) in [7, 11) is 0. The molecule has 0 aliphatic carbocycles. The minimum atomic E-state index is -0.214. The van der Waals surface area contributed by atoms with E-state index < -0.39 is 0 Å². The summed E-state index contributed by atoms with van der Waals surface area (Å²) in [6.45, 7) is 12.3. The molecule has 3 atom stereocenters. The second-order valence-electron chi connectivity index (χ2n) is 10.0. The highest BCUT2D eigenvalue weighted by molar-refractivity contribution is 5.94. The molecule has 3 aromatic rings. The van der Waals surface area contributed by atoms with Crippen molar-refractivity contribution >= 4 is 5.91 Å². The number of hydrogen-bond donors (Lipinski definition) is 1. The molecule has 6 heteroatoms. The molecule has 1 unspecified atom stereocenters. The lowest BCUT2D eigenvalue weighted by Crippen LogP contribution is -2.56. The lowest BCUT2D eigenvalue weighted by Gasteiger charge is -2.47. The number of carbonyl (C=O) groups is 1. The van der Waals surface area contributed by atoms with E-state index in [0.29, 0.717) is 18.7 Å². The van der Waals surface area contributed by atoms with Gasteiger partial charge in [0.2, 0.25) is 0 Å². The lowest BCUT2D eigenvalue weighted by atomic mass is 9.92. The molecule has 0 radical (unpaired) electrons. The first-order valence-corrected chi connectivity index (χ1v) is 13.2. The van der Waals surface area contributed by atoms with Crippen LogP contribution in [0.5, 0.6) is 5.75 Å². The van der Waals surface area contributed by atoms with Gasteiger partial charge in [0.15, 0.2) is 0 Å². The standard InChI is InChI=1S/C31H38FN3O2/c1-5-33(6-2)31(37)26-14-12-25(13-15-26)30(27-8-7-9-29(36)18-27)35-20-22(3)34(19-23(35)4)21-24-10-16-28(32)17-11-24/h7-18,22-23,30,36H,5-6,19-21H2,1-4H3/t22-,23+,30?/m1/s1. The Morgan fingerprint density at radius 1 is 0.946 bits per heavy atom. The Morgan fingerprint density at radius 3 is 2.24 bits per heavy atom. The zero-order valence-electron chi connectivity index (χ0n) is 22.3. The van der Waals surface area contributed by atoms with Crippen LogP contribution in [-0.4, -0.2) is 64.0 Å². The summed E-state index contributed by atoms with van der Waals surface area (Å²) in [5.41, 5.74) is 3.90. The highest BCUT2D eigenvalue weighted by Gasteiger charge is 2.35. The predicted octanol–water partition coefficient (Wildman–Crippen LogP) is 5.70. The number of benzene rings is 3. The van der Waals surface area contributed by atoms with Crippen molar-refractivity contribution in [1.82, 2.24) is 14.7 Å². The summed E-state index contributed by atoms with van der Waals surface area (Å²) >= 11 is 0. The largest absolute Gasteiger partial charge is 0.508 e. The summed E-state index contributed by atoms with van der Waals surface area (Å²) in [4.78, 5) is 19.6. The van der Waals surface area contributed by atoms with E-state index in [1.807, 2.05) is 67.3 Å². The lowest BCUT2D eigenvalue weighted by molar-refractivity contribution is 0.0195. The van der Waals surface area contributed by atoms with Crippen LogP contribution in [0.1, 0.15) is 60.8 Å². The number of nitrogens with zero attached hydrogens (tertiary/aromatic N) is 3. The van der Waals surface area contributed by atoms with E-state index in [0.717, 1.165) is 36.3 Å². The van der Waals surface area contributed by atoms with Crippen LogP contribution in [0.15, 0.2) is 72.8 Å².